The van der Waals surface area contributed by atoms with E-state index in [1.54, 1.807) is 6.20 Å². The molecule has 0 fully saturated rings. The molecule has 2 heterocycles. The molecule has 2 aromatic heterocycles. The minimum Gasteiger partial charge on any atom is -0.331 e. The van der Waals surface area contributed by atoms with Crippen LogP contribution in [0.4, 0.5) is 0 Å². The number of terminal acetylenes is 1. The molecular weight excluding hydrogens is 212 g/mol. The van der Waals surface area contributed by atoms with Crippen LogP contribution in [0.2, 0.25) is 0 Å². The quantitative estimate of drug-likeness (QED) is 0.580. The van der Waals surface area contributed by atoms with Gasteiger partial charge in [-0.05, 0) is 12.8 Å². The fraction of sp³-hybridized carbons (Fsp3) is 0.385. The van der Waals surface area contributed by atoms with Gasteiger partial charge in [0.1, 0.15) is 0 Å². The number of aromatic nitrogens is 4. The predicted molar refractivity (Wildman–Crippen MR) is 67.1 cm³/mol. The first-order valence-electron chi connectivity index (χ1n) is 5.75. The molecule has 0 radical (unpaired) electrons. The van der Waals surface area contributed by atoms with Gasteiger partial charge in [-0.25, -0.2) is 9.97 Å². The van der Waals surface area contributed by atoms with Crippen LogP contribution in [0.5, 0.6) is 0 Å². The van der Waals surface area contributed by atoms with Crippen LogP contribution in [0.3, 0.4) is 0 Å². The number of rotatable bonds is 5. The average Bonchev–Trinajstić information content (AvgIpc) is 2.93. The maximum atomic E-state index is 5.23. The molecule has 0 aliphatic carbocycles. The van der Waals surface area contributed by atoms with Crippen LogP contribution in [0.15, 0.2) is 24.8 Å². The van der Waals surface area contributed by atoms with Crippen molar-refractivity contribution in [2.45, 2.75) is 25.8 Å². The molecule has 4 heteroatoms. The van der Waals surface area contributed by atoms with Crippen molar-refractivity contribution in [3.63, 3.8) is 0 Å². The maximum absolute atomic E-state index is 5.23. The van der Waals surface area contributed by atoms with Crippen LogP contribution in [0, 0.1) is 12.3 Å². The summed E-state index contributed by atoms with van der Waals surface area (Å²) in [6.07, 6.45) is 15.7. The third-order valence-corrected chi connectivity index (χ3v) is 2.71. The minimum atomic E-state index is 0.840. The zero-order valence-corrected chi connectivity index (χ0v) is 10.0. The van der Waals surface area contributed by atoms with Gasteiger partial charge >= 0.3 is 0 Å². The Bertz CT molecular complexity index is 516. The number of nitrogens with zero attached hydrogens (tertiary/aromatic N) is 4. The summed E-state index contributed by atoms with van der Waals surface area (Å²) in [7, 11) is 1.97. The summed E-state index contributed by atoms with van der Waals surface area (Å²) in [6, 6.07) is 0. The van der Waals surface area contributed by atoms with E-state index >= 15 is 0 Å². The average molecular weight is 228 g/mol. The summed E-state index contributed by atoms with van der Waals surface area (Å²) in [5.74, 6) is 4.47. The summed E-state index contributed by atoms with van der Waals surface area (Å²) >= 11 is 0. The summed E-state index contributed by atoms with van der Waals surface area (Å²) in [6.45, 7) is 0.934. The molecule has 17 heavy (non-hydrogen) atoms. The molecule has 2 aromatic rings. The lowest BCUT2D eigenvalue weighted by molar-refractivity contribution is 0.618. The van der Waals surface area contributed by atoms with Crippen LogP contribution in [0.1, 0.15) is 19.3 Å². The SMILES string of the molecule is C#CCCCCn1ccnc1-c1nccn1C. The zero-order valence-electron chi connectivity index (χ0n) is 10.0. The highest BCUT2D eigenvalue weighted by atomic mass is 15.1. The van der Waals surface area contributed by atoms with E-state index in [0.29, 0.717) is 0 Å². The smallest absolute Gasteiger partial charge is 0.176 e. The van der Waals surface area contributed by atoms with Gasteiger partial charge in [-0.15, -0.1) is 12.3 Å². The van der Waals surface area contributed by atoms with Crippen LogP contribution in [-0.4, -0.2) is 19.1 Å². The zero-order chi connectivity index (χ0) is 12.1. The van der Waals surface area contributed by atoms with Gasteiger partial charge in [-0.3, -0.25) is 0 Å². The standard InChI is InChI=1S/C13H16N4/c1-3-4-5-6-9-17-11-8-15-13(17)12-14-7-10-16(12)2/h1,7-8,10-11H,4-6,9H2,2H3. The van der Waals surface area contributed by atoms with E-state index in [1.165, 1.54) is 0 Å². The van der Waals surface area contributed by atoms with Gasteiger partial charge in [0.25, 0.3) is 0 Å². The Morgan fingerprint density at radius 1 is 1.18 bits per heavy atom. The minimum absolute atomic E-state index is 0.840. The first-order valence-corrected chi connectivity index (χ1v) is 5.75. The first kappa shape index (κ1) is 11.5. The number of unbranched alkanes of at least 4 members (excludes halogenated alkanes) is 2. The van der Waals surface area contributed by atoms with Crippen molar-refractivity contribution in [2.24, 2.45) is 7.05 Å². The molecule has 0 saturated heterocycles. The monoisotopic (exact) mass is 228 g/mol. The van der Waals surface area contributed by atoms with Gasteiger partial charge in [0, 0.05) is 44.8 Å². The van der Waals surface area contributed by atoms with Gasteiger partial charge in [-0.1, -0.05) is 0 Å². The highest BCUT2D eigenvalue weighted by Crippen LogP contribution is 2.15. The molecule has 0 bridgehead atoms. The van der Waals surface area contributed by atoms with Crippen LogP contribution < -0.4 is 0 Å². The Morgan fingerprint density at radius 3 is 2.65 bits per heavy atom. The Labute approximate surface area is 101 Å². The summed E-state index contributed by atoms with van der Waals surface area (Å²) < 4.78 is 4.10. The van der Waals surface area contributed by atoms with E-state index in [2.05, 4.69) is 20.5 Å². The van der Waals surface area contributed by atoms with Crippen molar-refractivity contribution in [3.05, 3.63) is 24.8 Å². The number of aryl methyl sites for hydroxylation is 2. The van der Waals surface area contributed by atoms with Gasteiger partial charge in [-0.2, -0.15) is 0 Å². The fourth-order valence-electron chi connectivity index (χ4n) is 1.79. The maximum Gasteiger partial charge on any atom is 0.176 e. The van der Waals surface area contributed by atoms with Crippen molar-refractivity contribution >= 4 is 0 Å². The van der Waals surface area contributed by atoms with Crippen LogP contribution in [-0.2, 0) is 13.6 Å². The number of imidazole rings is 2. The Hall–Kier alpha value is -2.02. The van der Waals surface area contributed by atoms with Gasteiger partial charge in [0.05, 0.1) is 0 Å². The molecule has 0 aromatic carbocycles. The Kier molecular flexibility index (Phi) is 3.61. The van der Waals surface area contributed by atoms with Crippen LogP contribution in [0.25, 0.3) is 11.6 Å². The van der Waals surface area contributed by atoms with E-state index in [9.17, 15) is 0 Å². The second kappa shape index (κ2) is 5.35. The molecule has 2 rings (SSSR count). The molecular formula is C13H16N4. The van der Waals surface area contributed by atoms with Gasteiger partial charge in [0.2, 0.25) is 0 Å². The van der Waals surface area contributed by atoms with Crippen molar-refractivity contribution in [1.82, 2.24) is 19.1 Å². The summed E-state index contributed by atoms with van der Waals surface area (Å²) in [4.78, 5) is 8.67. The van der Waals surface area contributed by atoms with Gasteiger partial charge in [0.15, 0.2) is 11.6 Å². The second-order valence-corrected chi connectivity index (χ2v) is 3.97. The van der Waals surface area contributed by atoms with Crippen molar-refractivity contribution in [3.8, 4) is 24.0 Å². The summed E-state index contributed by atoms with van der Waals surface area (Å²) in [5.41, 5.74) is 0. The van der Waals surface area contributed by atoms with Crippen LogP contribution >= 0.6 is 0 Å². The normalized spacial score (nSPS) is 10.4. The van der Waals surface area contributed by atoms with Crippen molar-refractivity contribution in [1.29, 1.82) is 0 Å². The van der Waals surface area contributed by atoms with Gasteiger partial charge < -0.3 is 9.13 Å². The van der Waals surface area contributed by atoms with E-state index in [1.807, 2.05) is 30.2 Å². The third-order valence-electron chi connectivity index (χ3n) is 2.71. The topological polar surface area (TPSA) is 35.6 Å². The summed E-state index contributed by atoms with van der Waals surface area (Å²) in [5, 5.41) is 0. The largest absolute Gasteiger partial charge is 0.331 e. The fourth-order valence-corrected chi connectivity index (χ4v) is 1.79. The number of hydrogen-bond donors (Lipinski definition) is 0. The lowest BCUT2D eigenvalue weighted by atomic mass is 10.2. The van der Waals surface area contributed by atoms with E-state index < -0.39 is 0 Å². The first-order chi connectivity index (χ1) is 8.33. The highest BCUT2D eigenvalue weighted by Gasteiger charge is 2.09. The molecule has 0 aliphatic rings. The molecule has 0 N–H and O–H groups in total. The molecule has 0 unspecified atom stereocenters. The van der Waals surface area contributed by atoms with E-state index in [4.69, 9.17) is 6.42 Å². The third kappa shape index (κ3) is 2.56. The Balaban J connectivity index is 2.08. The lowest BCUT2D eigenvalue weighted by Gasteiger charge is -2.06. The highest BCUT2D eigenvalue weighted by molar-refractivity contribution is 5.44. The number of hydrogen-bond acceptors (Lipinski definition) is 2. The molecule has 0 atom stereocenters. The van der Waals surface area contributed by atoms with Crippen molar-refractivity contribution < 1.29 is 0 Å². The molecule has 0 amide bonds. The Morgan fingerprint density at radius 2 is 1.94 bits per heavy atom. The predicted octanol–water partition coefficient (Wildman–Crippen LogP) is 2.09. The molecule has 0 spiro atoms. The molecule has 0 saturated carbocycles. The molecule has 88 valence electrons. The van der Waals surface area contributed by atoms with E-state index in [0.717, 1.165) is 37.5 Å². The lowest BCUT2D eigenvalue weighted by Crippen LogP contribution is -2.03. The molecule has 0 aliphatic heterocycles. The molecule has 4 nitrogen and oxygen atoms in total. The second-order valence-electron chi connectivity index (χ2n) is 3.97. The van der Waals surface area contributed by atoms with Crippen molar-refractivity contribution in [2.75, 3.05) is 0 Å². The van der Waals surface area contributed by atoms with E-state index in [-0.39, 0.29) is 0 Å².